The van der Waals surface area contributed by atoms with Crippen LogP contribution in [0, 0.1) is 0 Å². The number of benzene rings is 4. The summed E-state index contributed by atoms with van der Waals surface area (Å²) < 4.78 is 17.0. The fraction of sp³-hybridized carbons (Fsp3) is 0.107. The Bertz CT molecular complexity index is 1250. The average molecular weight is 489 g/mol. The first-order valence-electron chi connectivity index (χ1n) is 11.0. The highest BCUT2D eigenvalue weighted by Gasteiger charge is 2.09. The fourth-order valence-corrected chi connectivity index (χ4v) is 3.41. The molecular weight excluding hydrogens is 464 g/mol. The van der Waals surface area contributed by atoms with Gasteiger partial charge in [0, 0.05) is 22.9 Å². The Hall–Kier alpha value is -4.16. The summed E-state index contributed by atoms with van der Waals surface area (Å²) in [5, 5.41) is 6.74. The normalized spacial score (nSPS) is 10.3. The molecule has 0 aliphatic heterocycles. The molecular formula is C28H25ClN2O4. The van der Waals surface area contributed by atoms with Crippen molar-refractivity contribution in [3.63, 3.8) is 0 Å². The number of halogens is 1. The number of amides is 1. The zero-order valence-electron chi connectivity index (χ0n) is 19.2. The second-order valence-electron chi connectivity index (χ2n) is 7.62. The lowest BCUT2D eigenvalue weighted by Gasteiger charge is -2.13. The maximum Gasteiger partial charge on any atom is 0.262 e. The summed E-state index contributed by atoms with van der Waals surface area (Å²) in [4.78, 5) is 12.2. The summed E-state index contributed by atoms with van der Waals surface area (Å²) in [5.41, 5.74) is 2.61. The monoisotopic (exact) mass is 488 g/mol. The molecule has 178 valence electrons. The molecule has 0 saturated heterocycles. The van der Waals surface area contributed by atoms with Gasteiger partial charge in [0.2, 0.25) is 0 Å². The smallest absolute Gasteiger partial charge is 0.262 e. The molecule has 1 amide bonds. The van der Waals surface area contributed by atoms with Crippen LogP contribution in [0.2, 0.25) is 5.02 Å². The van der Waals surface area contributed by atoms with E-state index in [1.54, 1.807) is 37.4 Å². The van der Waals surface area contributed by atoms with E-state index in [1.807, 2.05) is 66.7 Å². The van der Waals surface area contributed by atoms with Crippen LogP contribution in [0.1, 0.15) is 5.56 Å². The van der Waals surface area contributed by atoms with E-state index < -0.39 is 0 Å². The molecule has 35 heavy (non-hydrogen) atoms. The van der Waals surface area contributed by atoms with Crippen molar-refractivity contribution in [1.29, 1.82) is 0 Å². The van der Waals surface area contributed by atoms with Crippen molar-refractivity contribution in [3.8, 4) is 23.0 Å². The Morgan fingerprint density at radius 2 is 1.49 bits per heavy atom. The summed E-state index contributed by atoms with van der Waals surface area (Å²) in [5.74, 6) is 2.33. The van der Waals surface area contributed by atoms with Gasteiger partial charge in [-0.25, -0.2) is 0 Å². The third-order valence-electron chi connectivity index (χ3n) is 5.04. The largest absolute Gasteiger partial charge is 0.493 e. The van der Waals surface area contributed by atoms with Crippen LogP contribution in [0.5, 0.6) is 23.0 Å². The van der Waals surface area contributed by atoms with E-state index in [0.29, 0.717) is 28.8 Å². The van der Waals surface area contributed by atoms with Gasteiger partial charge < -0.3 is 24.8 Å². The minimum Gasteiger partial charge on any atom is -0.493 e. The number of anilines is 2. The number of para-hydroxylation sites is 1. The lowest BCUT2D eigenvalue weighted by molar-refractivity contribution is -0.118. The predicted molar refractivity (Wildman–Crippen MR) is 139 cm³/mol. The summed E-state index contributed by atoms with van der Waals surface area (Å²) in [6, 6.07) is 29.9. The van der Waals surface area contributed by atoms with Crippen molar-refractivity contribution in [2.24, 2.45) is 0 Å². The third kappa shape index (κ3) is 7.16. The standard InChI is InChI=1S/C28H25ClN2O4/c1-33-27-17-20(7-16-26(27)34-19-28(32)31-23-10-8-21(29)9-11-23)18-30-22-12-14-25(15-13-22)35-24-5-3-2-4-6-24/h2-17,30H,18-19H2,1H3,(H,31,32). The van der Waals surface area contributed by atoms with E-state index in [9.17, 15) is 4.79 Å². The van der Waals surface area contributed by atoms with Gasteiger partial charge in [-0.15, -0.1) is 0 Å². The van der Waals surface area contributed by atoms with Crippen molar-refractivity contribution in [2.45, 2.75) is 6.54 Å². The van der Waals surface area contributed by atoms with Gasteiger partial charge in [-0.05, 0) is 78.4 Å². The molecule has 0 heterocycles. The Balaban J connectivity index is 1.29. The van der Waals surface area contributed by atoms with E-state index >= 15 is 0 Å². The molecule has 0 unspecified atom stereocenters. The van der Waals surface area contributed by atoms with Crippen molar-refractivity contribution < 1.29 is 19.0 Å². The van der Waals surface area contributed by atoms with Gasteiger partial charge in [0.25, 0.3) is 5.91 Å². The number of nitrogens with one attached hydrogen (secondary N) is 2. The van der Waals surface area contributed by atoms with Crippen molar-refractivity contribution in [1.82, 2.24) is 0 Å². The average Bonchev–Trinajstić information content (AvgIpc) is 2.89. The summed E-state index contributed by atoms with van der Waals surface area (Å²) in [6.45, 7) is 0.445. The summed E-state index contributed by atoms with van der Waals surface area (Å²) >= 11 is 5.87. The predicted octanol–water partition coefficient (Wildman–Crippen LogP) is 6.77. The molecule has 0 radical (unpaired) electrons. The van der Waals surface area contributed by atoms with Gasteiger partial charge in [-0.2, -0.15) is 0 Å². The number of hydrogen-bond acceptors (Lipinski definition) is 5. The lowest BCUT2D eigenvalue weighted by Crippen LogP contribution is -2.20. The SMILES string of the molecule is COc1cc(CNc2ccc(Oc3ccccc3)cc2)ccc1OCC(=O)Nc1ccc(Cl)cc1. The lowest BCUT2D eigenvalue weighted by atomic mass is 10.2. The molecule has 6 nitrogen and oxygen atoms in total. The third-order valence-corrected chi connectivity index (χ3v) is 5.30. The second-order valence-corrected chi connectivity index (χ2v) is 8.06. The van der Waals surface area contributed by atoms with Crippen molar-refractivity contribution in [3.05, 3.63) is 108 Å². The highest BCUT2D eigenvalue weighted by Crippen LogP contribution is 2.29. The first kappa shape index (κ1) is 24.0. The van der Waals surface area contributed by atoms with Gasteiger partial charge in [-0.1, -0.05) is 35.9 Å². The van der Waals surface area contributed by atoms with E-state index in [4.69, 9.17) is 25.8 Å². The number of carbonyl (C=O) groups excluding carboxylic acids is 1. The van der Waals surface area contributed by atoms with Crippen LogP contribution in [-0.4, -0.2) is 19.6 Å². The van der Waals surface area contributed by atoms with Gasteiger partial charge in [0.15, 0.2) is 18.1 Å². The zero-order valence-corrected chi connectivity index (χ0v) is 19.9. The van der Waals surface area contributed by atoms with Crippen LogP contribution in [0.25, 0.3) is 0 Å². The van der Waals surface area contributed by atoms with E-state index in [1.165, 1.54) is 0 Å². The highest BCUT2D eigenvalue weighted by molar-refractivity contribution is 6.30. The molecule has 4 aromatic rings. The van der Waals surface area contributed by atoms with Gasteiger partial charge in [0.1, 0.15) is 11.5 Å². The molecule has 0 aliphatic carbocycles. The number of methoxy groups -OCH3 is 1. The minimum atomic E-state index is -0.278. The number of rotatable bonds is 10. The van der Waals surface area contributed by atoms with E-state index in [0.717, 1.165) is 22.7 Å². The van der Waals surface area contributed by atoms with E-state index in [2.05, 4.69) is 10.6 Å². The molecule has 7 heteroatoms. The molecule has 4 aromatic carbocycles. The molecule has 0 aliphatic rings. The molecule has 0 spiro atoms. The Kier molecular flexibility index (Phi) is 8.09. The van der Waals surface area contributed by atoms with Crippen molar-refractivity contribution >= 4 is 28.9 Å². The molecule has 2 N–H and O–H groups in total. The van der Waals surface area contributed by atoms with Crippen LogP contribution >= 0.6 is 11.6 Å². The molecule has 0 fully saturated rings. The second kappa shape index (κ2) is 11.8. The molecule has 0 aromatic heterocycles. The maximum atomic E-state index is 12.2. The van der Waals surface area contributed by atoms with Crippen molar-refractivity contribution in [2.75, 3.05) is 24.4 Å². The molecule has 0 saturated carbocycles. The zero-order chi connectivity index (χ0) is 24.5. The minimum absolute atomic E-state index is 0.145. The highest BCUT2D eigenvalue weighted by atomic mass is 35.5. The van der Waals surface area contributed by atoms with Crippen LogP contribution in [0.3, 0.4) is 0 Å². The topological polar surface area (TPSA) is 68.8 Å². The molecule has 0 atom stereocenters. The van der Waals surface area contributed by atoms with Gasteiger partial charge >= 0.3 is 0 Å². The Morgan fingerprint density at radius 3 is 2.20 bits per heavy atom. The quantitative estimate of drug-likeness (QED) is 0.258. The van der Waals surface area contributed by atoms with Gasteiger partial charge in [0.05, 0.1) is 7.11 Å². The first-order valence-corrected chi connectivity index (χ1v) is 11.4. The first-order chi connectivity index (χ1) is 17.1. The van der Waals surface area contributed by atoms with Crippen LogP contribution in [-0.2, 0) is 11.3 Å². The summed E-state index contributed by atoms with van der Waals surface area (Å²) in [6.07, 6.45) is 0. The fourth-order valence-electron chi connectivity index (χ4n) is 3.28. The van der Waals surface area contributed by atoms with Crippen LogP contribution < -0.4 is 24.8 Å². The summed E-state index contributed by atoms with van der Waals surface area (Å²) in [7, 11) is 1.57. The Morgan fingerprint density at radius 1 is 0.800 bits per heavy atom. The number of carbonyl (C=O) groups is 1. The number of ether oxygens (including phenoxy) is 3. The van der Waals surface area contributed by atoms with Gasteiger partial charge in [-0.3, -0.25) is 4.79 Å². The molecule has 0 bridgehead atoms. The van der Waals surface area contributed by atoms with Crippen LogP contribution in [0.4, 0.5) is 11.4 Å². The Labute approximate surface area is 209 Å². The molecule has 4 rings (SSSR count). The van der Waals surface area contributed by atoms with Crippen LogP contribution in [0.15, 0.2) is 97.1 Å². The maximum absolute atomic E-state index is 12.2. The van der Waals surface area contributed by atoms with E-state index in [-0.39, 0.29) is 12.5 Å². The number of hydrogen-bond donors (Lipinski definition) is 2.